The predicted molar refractivity (Wildman–Crippen MR) is 65.1 cm³/mol. The molecule has 3 N–H and O–H groups in total. The van der Waals surface area contributed by atoms with E-state index >= 15 is 0 Å². The molecule has 2 rings (SSSR count). The molecule has 1 saturated carbocycles. The van der Waals surface area contributed by atoms with Crippen LogP contribution in [-0.2, 0) is 9.59 Å². The van der Waals surface area contributed by atoms with Crippen molar-refractivity contribution in [2.24, 2.45) is 17.3 Å². The molecule has 0 spiro atoms. The first-order chi connectivity index (χ1) is 8.34. The van der Waals surface area contributed by atoms with Crippen molar-refractivity contribution in [2.75, 3.05) is 5.32 Å². The monoisotopic (exact) mass is 249 g/mol. The quantitative estimate of drug-likeness (QED) is 0.711. The number of aromatic hydroxyl groups is 1. The Labute approximate surface area is 104 Å². The van der Waals surface area contributed by atoms with Crippen LogP contribution in [0.5, 0.6) is 5.75 Å². The third-order valence-corrected chi connectivity index (χ3v) is 3.51. The molecule has 5 heteroatoms. The first-order valence-corrected chi connectivity index (χ1v) is 5.66. The summed E-state index contributed by atoms with van der Waals surface area (Å²) in [6.07, 6.45) is 0. The zero-order chi connectivity index (χ0) is 13.5. The molecule has 96 valence electrons. The van der Waals surface area contributed by atoms with Crippen molar-refractivity contribution in [1.82, 2.24) is 0 Å². The number of nitrogens with one attached hydrogen (secondary N) is 1. The Hall–Kier alpha value is -2.04. The lowest BCUT2D eigenvalue weighted by Crippen LogP contribution is -2.17. The van der Waals surface area contributed by atoms with Crippen molar-refractivity contribution in [3.05, 3.63) is 24.3 Å². The highest BCUT2D eigenvalue weighted by Crippen LogP contribution is 2.58. The maximum Gasteiger partial charge on any atom is 0.307 e. The van der Waals surface area contributed by atoms with Gasteiger partial charge < -0.3 is 15.5 Å². The molecule has 0 unspecified atom stereocenters. The van der Waals surface area contributed by atoms with Crippen molar-refractivity contribution in [3.63, 3.8) is 0 Å². The number of carbonyl (C=O) groups excluding carboxylic acids is 1. The fraction of sp³-hybridized carbons (Fsp3) is 0.385. The summed E-state index contributed by atoms with van der Waals surface area (Å²) in [5, 5.41) is 20.8. The van der Waals surface area contributed by atoms with E-state index in [4.69, 9.17) is 10.2 Å². The number of amides is 1. The van der Waals surface area contributed by atoms with E-state index in [-0.39, 0.29) is 11.7 Å². The lowest BCUT2D eigenvalue weighted by molar-refractivity contribution is -0.140. The van der Waals surface area contributed by atoms with Crippen LogP contribution in [0.25, 0.3) is 0 Å². The molecule has 2 atom stereocenters. The van der Waals surface area contributed by atoms with Gasteiger partial charge in [0.2, 0.25) is 5.91 Å². The largest absolute Gasteiger partial charge is 0.508 e. The van der Waals surface area contributed by atoms with Gasteiger partial charge in [-0.05, 0) is 29.7 Å². The van der Waals surface area contributed by atoms with E-state index in [2.05, 4.69) is 5.32 Å². The minimum atomic E-state index is -0.939. The van der Waals surface area contributed by atoms with Crippen molar-refractivity contribution in [3.8, 4) is 5.75 Å². The highest BCUT2D eigenvalue weighted by molar-refractivity contribution is 5.99. The van der Waals surface area contributed by atoms with Gasteiger partial charge in [-0.15, -0.1) is 0 Å². The molecule has 1 aliphatic rings. The van der Waals surface area contributed by atoms with Crippen molar-refractivity contribution in [1.29, 1.82) is 0 Å². The van der Waals surface area contributed by atoms with Gasteiger partial charge in [0, 0.05) is 5.69 Å². The first-order valence-electron chi connectivity index (χ1n) is 5.66. The number of hydrogen-bond donors (Lipinski definition) is 3. The number of anilines is 1. The van der Waals surface area contributed by atoms with Crippen LogP contribution in [0.3, 0.4) is 0 Å². The Bertz CT molecular complexity index is 492. The SMILES string of the molecule is CC1(C)[C@@H](C(=O)O)[C@@H]1C(=O)Nc1ccc(O)cc1. The Morgan fingerprint density at radius 2 is 1.72 bits per heavy atom. The van der Waals surface area contributed by atoms with Crippen LogP contribution in [-0.4, -0.2) is 22.1 Å². The van der Waals surface area contributed by atoms with Gasteiger partial charge in [-0.2, -0.15) is 0 Å². The molecule has 1 fully saturated rings. The normalized spacial score (nSPS) is 24.3. The van der Waals surface area contributed by atoms with E-state index in [1.54, 1.807) is 26.0 Å². The van der Waals surface area contributed by atoms with E-state index in [1.807, 2.05) is 0 Å². The number of benzene rings is 1. The standard InChI is InChI=1S/C13H15NO4/c1-13(2)9(10(13)12(17)18)11(16)14-7-3-5-8(15)6-4-7/h3-6,9-10,15H,1-2H3,(H,14,16)(H,17,18)/t9-,10-/m1/s1. The summed E-state index contributed by atoms with van der Waals surface area (Å²) in [7, 11) is 0. The van der Waals surface area contributed by atoms with E-state index in [1.165, 1.54) is 12.1 Å². The number of carboxylic acid groups (broad SMARTS) is 1. The molecule has 0 aliphatic heterocycles. The van der Waals surface area contributed by atoms with Gasteiger partial charge in [0.15, 0.2) is 0 Å². The number of phenols is 1. The molecule has 0 heterocycles. The highest BCUT2D eigenvalue weighted by Gasteiger charge is 2.65. The van der Waals surface area contributed by atoms with Gasteiger partial charge in [0.1, 0.15) is 5.75 Å². The zero-order valence-electron chi connectivity index (χ0n) is 10.2. The molecule has 1 aromatic carbocycles. The molecule has 0 aromatic heterocycles. The molecule has 18 heavy (non-hydrogen) atoms. The predicted octanol–water partition coefficient (Wildman–Crippen LogP) is 1.69. The van der Waals surface area contributed by atoms with Crippen molar-refractivity contribution in [2.45, 2.75) is 13.8 Å². The Kier molecular flexibility index (Phi) is 2.77. The molecular weight excluding hydrogens is 234 g/mol. The molecular formula is C13H15NO4. The highest BCUT2D eigenvalue weighted by atomic mass is 16.4. The molecule has 5 nitrogen and oxygen atoms in total. The summed E-state index contributed by atoms with van der Waals surface area (Å²) in [6.45, 7) is 3.54. The Morgan fingerprint density at radius 1 is 1.17 bits per heavy atom. The number of aliphatic carboxylic acids is 1. The molecule has 1 aromatic rings. The molecule has 0 radical (unpaired) electrons. The van der Waals surface area contributed by atoms with Crippen LogP contribution in [0.1, 0.15) is 13.8 Å². The van der Waals surface area contributed by atoms with E-state index in [9.17, 15) is 9.59 Å². The summed E-state index contributed by atoms with van der Waals surface area (Å²) in [4.78, 5) is 22.9. The summed E-state index contributed by atoms with van der Waals surface area (Å²) in [6, 6.07) is 6.06. The smallest absolute Gasteiger partial charge is 0.307 e. The van der Waals surface area contributed by atoms with Gasteiger partial charge in [-0.25, -0.2) is 0 Å². The molecule has 1 aliphatic carbocycles. The number of hydrogen-bond acceptors (Lipinski definition) is 3. The zero-order valence-corrected chi connectivity index (χ0v) is 10.2. The van der Waals surface area contributed by atoms with Crippen LogP contribution in [0.15, 0.2) is 24.3 Å². The van der Waals surface area contributed by atoms with Crippen molar-refractivity contribution < 1.29 is 19.8 Å². The number of phenolic OH excluding ortho intramolecular Hbond substituents is 1. The van der Waals surface area contributed by atoms with Gasteiger partial charge in [-0.1, -0.05) is 13.8 Å². The molecule has 0 bridgehead atoms. The number of carboxylic acids is 1. The third kappa shape index (κ3) is 2.03. The lowest BCUT2D eigenvalue weighted by atomic mass is 10.1. The molecule has 0 saturated heterocycles. The van der Waals surface area contributed by atoms with Gasteiger partial charge >= 0.3 is 5.97 Å². The van der Waals surface area contributed by atoms with E-state index < -0.39 is 23.2 Å². The van der Waals surface area contributed by atoms with E-state index in [0.29, 0.717) is 5.69 Å². The second kappa shape index (κ2) is 4.01. The lowest BCUT2D eigenvalue weighted by Gasteiger charge is -2.05. The number of rotatable bonds is 3. The maximum atomic E-state index is 12.0. The minimum Gasteiger partial charge on any atom is -0.508 e. The topological polar surface area (TPSA) is 86.6 Å². The van der Waals surface area contributed by atoms with Crippen LogP contribution >= 0.6 is 0 Å². The second-order valence-corrected chi connectivity index (χ2v) is 5.15. The van der Waals surface area contributed by atoms with Gasteiger partial charge in [0.05, 0.1) is 11.8 Å². The van der Waals surface area contributed by atoms with Crippen LogP contribution in [0.2, 0.25) is 0 Å². The maximum absolute atomic E-state index is 12.0. The summed E-state index contributed by atoms with van der Waals surface area (Å²) < 4.78 is 0. The average Bonchev–Trinajstić information content (AvgIpc) is 2.85. The van der Waals surface area contributed by atoms with Crippen LogP contribution < -0.4 is 5.32 Å². The summed E-state index contributed by atoms with van der Waals surface area (Å²) in [5.74, 6) is -2.26. The van der Waals surface area contributed by atoms with Crippen LogP contribution in [0, 0.1) is 17.3 Å². The third-order valence-electron chi connectivity index (χ3n) is 3.51. The summed E-state index contributed by atoms with van der Waals surface area (Å²) >= 11 is 0. The fourth-order valence-corrected chi connectivity index (χ4v) is 2.35. The fourth-order valence-electron chi connectivity index (χ4n) is 2.35. The minimum absolute atomic E-state index is 0.114. The number of carbonyl (C=O) groups is 2. The van der Waals surface area contributed by atoms with Crippen LogP contribution in [0.4, 0.5) is 5.69 Å². The van der Waals surface area contributed by atoms with E-state index in [0.717, 1.165) is 0 Å². The van der Waals surface area contributed by atoms with Crippen molar-refractivity contribution >= 4 is 17.6 Å². The van der Waals surface area contributed by atoms with Gasteiger partial charge in [-0.3, -0.25) is 9.59 Å². The summed E-state index contributed by atoms with van der Waals surface area (Å²) in [5.41, 5.74) is 0.0389. The first kappa shape index (κ1) is 12.4. The molecule has 1 amide bonds. The second-order valence-electron chi connectivity index (χ2n) is 5.15. The average molecular weight is 249 g/mol. The van der Waals surface area contributed by atoms with Gasteiger partial charge in [0.25, 0.3) is 0 Å². The Balaban J connectivity index is 2.06. The Morgan fingerprint density at radius 3 is 2.17 bits per heavy atom.